The van der Waals surface area contributed by atoms with Crippen LogP contribution in [0.5, 0.6) is 0 Å². The van der Waals surface area contributed by atoms with Crippen LogP contribution in [0.2, 0.25) is 5.02 Å². The summed E-state index contributed by atoms with van der Waals surface area (Å²) in [6.45, 7) is 0. The van der Waals surface area contributed by atoms with E-state index in [1.165, 1.54) is 41.3 Å². The van der Waals surface area contributed by atoms with Crippen molar-refractivity contribution in [1.29, 1.82) is 0 Å². The largest absolute Gasteiger partial charge is 0.412 e. The van der Waals surface area contributed by atoms with E-state index in [1.807, 2.05) is 5.32 Å². The first-order valence-corrected chi connectivity index (χ1v) is 6.27. The number of carbonyl (C=O) groups is 1. The van der Waals surface area contributed by atoms with Gasteiger partial charge in [-0.2, -0.15) is 18.3 Å². The van der Waals surface area contributed by atoms with Crippen molar-refractivity contribution >= 4 is 17.5 Å². The Hall–Kier alpha value is -2.02. The van der Waals surface area contributed by atoms with Gasteiger partial charge in [-0.05, 0) is 17.7 Å². The number of aryl methyl sites for hydroxylation is 1. The molecule has 0 radical (unpaired) electrons. The van der Waals surface area contributed by atoms with Gasteiger partial charge in [-0.25, -0.2) is 0 Å². The second-order valence-electron chi connectivity index (χ2n) is 4.40. The van der Waals surface area contributed by atoms with Gasteiger partial charge in [0.15, 0.2) is 6.04 Å². The van der Waals surface area contributed by atoms with E-state index < -0.39 is 18.1 Å². The zero-order valence-corrected chi connectivity index (χ0v) is 11.6. The molecule has 0 fully saturated rings. The number of nitrogens with one attached hydrogen (secondary N) is 1. The third kappa shape index (κ3) is 3.75. The highest BCUT2D eigenvalue weighted by Gasteiger charge is 2.42. The summed E-state index contributed by atoms with van der Waals surface area (Å²) < 4.78 is 40.7. The molecular formula is C13H11ClF3N3O. The molecule has 0 saturated heterocycles. The van der Waals surface area contributed by atoms with Crippen LogP contribution in [0, 0.1) is 0 Å². The molecule has 2 aromatic rings. The summed E-state index contributed by atoms with van der Waals surface area (Å²) in [5.74, 6) is -0.847. The molecule has 4 nitrogen and oxygen atoms in total. The standard InChI is InChI=1S/C13H11ClF3N3O/c1-20-7-9(6-18-20)12(21)19-11(13(15,16)17)8-2-4-10(14)5-3-8/h2-7,11H,1H3,(H,19,21)/t11-/m1/s1. The van der Waals surface area contributed by atoms with Crippen LogP contribution < -0.4 is 5.32 Å². The number of nitrogens with zero attached hydrogens (tertiary/aromatic N) is 2. The fraction of sp³-hybridized carbons (Fsp3) is 0.231. The van der Waals surface area contributed by atoms with E-state index >= 15 is 0 Å². The molecule has 2 rings (SSSR count). The molecule has 1 heterocycles. The maximum atomic E-state index is 13.1. The molecule has 112 valence electrons. The number of hydrogen-bond acceptors (Lipinski definition) is 2. The number of aromatic nitrogens is 2. The predicted octanol–water partition coefficient (Wildman–Crippen LogP) is 3.11. The van der Waals surface area contributed by atoms with Crippen molar-refractivity contribution in [2.24, 2.45) is 7.05 Å². The van der Waals surface area contributed by atoms with Gasteiger partial charge >= 0.3 is 6.18 Å². The molecular weight excluding hydrogens is 307 g/mol. The first-order chi connectivity index (χ1) is 9.77. The van der Waals surface area contributed by atoms with Crippen molar-refractivity contribution in [3.8, 4) is 0 Å². The zero-order chi connectivity index (χ0) is 15.6. The lowest BCUT2D eigenvalue weighted by atomic mass is 10.1. The van der Waals surface area contributed by atoms with Gasteiger partial charge in [0.25, 0.3) is 5.91 Å². The summed E-state index contributed by atoms with van der Waals surface area (Å²) >= 11 is 5.66. The Morgan fingerprint density at radius 2 is 1.95 bits per heavy atom. The van der Waals surface area contributed by atoms with Crippen LogP contribution in [0.15, 0.2) is 36.7 Å². The summed E-state index contributed by atoms with van der Waals surface area (Å²) in [7, 11) is 1.57. The highest BCUT2D eigenvalue weighted by molar-refractivity contribution is 6.30. The maximum absolute atomic E-state index is 13.1. The second kappa shape index (κ2) is 5.77. The topological polar surface area (TPSA) is 46.9 Å². The van der Waals surface area contributed by atoms with Crippen molar-refractivity contribution < 1.29 is 18.0 Å². The van der Waals surface area contributed by atoms with E-state index in [2.05, 4.69) is 5.10 Å². The van der Waals surface area contributed by atoms with E-state index in [0.29, 0.717) is 5.02 Å². The lowest BCUT2D eigenvalue weighted by molar-refractivity contribution is -0.155. The lowest BCUT2D eigenvalue weighted by Crippen LogP contribution is -2.38. The minimum Gasteiger partial charge on any atom is -0.337 e. The second-order valence-corrected chi connectivity index (χ2v) is 4.84. The molecule has 0 unspecified atom stereocenters. The van der Waals surface area contributed by atoms with Gasteiger partial charge in [-0.15, -0.1) is 0 Å². The van der Waals surface area contributed by atoms with Crippen LogP contribution in [0.25, 0.3) is 0 Å². The smallest absolute Gasteiger partial charge is 0.337 e. The van der Waals surface area contributed by atoms with E-state index in [-0.39, 0.29) is 11.1 Å². The van der Waals surface area contributed by atoms with Crippen LogP contribution in [0.3, 0.4) is 0 Å². The average Bonchev–Trinajstić information content (AvgIpc) is 2.82. The summed E-state index contributed by atoms with van der Waals surface area (Å²) in [6, 6.07) is 3.02. The van der Waals surface area contributed by atoms with Crippen molar-refractivity contribution in [2.75, 3.05) is 0 Å². The molecule has 1 aromatic carbocycles. The average molecular weight is 318 g/mol. The van der Waals surface area contributed by atoms with Gasteiger partial charge < -0.3 is 5.32 Å². The highest BCUT2D eigenvalue weighted by Crippen LogP contribution is 2.33. The van der Waals surface area contributed by atoms with Crippen molar-refractivity contribution in [1.82, 2.24) is 15.1 Å². The minimum atomic E-state index is -4.62. The number of alkyl halides is 3. The molecule has 1 amide bonds. The van der Waals surface area contributed by atoms with Gasteiger partial charge in [0, 0.05) is 18.3 Å². The normalized spacial score (nSPS) is 13.0. The number of halogens is 4. The quantitative estimate of drug-likeness (QED) is 0.945. The van der Waals surface area contributed by atoms with Crippen LogP contribution in [-0.2, 0) is 7.05 Å². The first kappa shape index (κ1) is 15.4. The molecule has 1 N–H and O–H groups in total. The van der Waals surface area contributed by atoms with Crippen LogP contribution in [0.1, 0.15) is 22.0 Å². The molecule has 1 atom stereocenters. The summed E-state index contributed by atoms with van der Waals surface area (Å²) in [5.41, 5.74) is -0.0372. The van der Waals surface area contributed by atoms with Gasteiger partial charge in [-0.1, -0.05) is 23.7 Å². The number of carbonyl (C=O) groups excluding carboxylic acids is 1. The molecule has 8 heteroatoms. The maximum Gasteiger partial charge on any atom is 0.412 e. The monoisotopic (exact) mass is 317 g/mol. The predicted molar refractivity (Wildman–Crippen MR) is 70.9 cm³/mol. The van der Waals surface area contributed by atoms with Gasteiger partial charge in [-0.3, -0.25) is 9.48 Å². The number of rotatable bonds is 3. The van der Waals surface area contributed by atoms with E-state index in [1.54, 1.807) is 7.05 Å². The zero-order valence-electron chi connectivity index (χ0n) is 10.9. The fourth-order valence-electron chi connectivity index (χ4n) is 1.76. The van der Waals surface area contributed by atoms with Crippen LogP contribution >= 0.6 is 11.6 Å². The fourth-order valence-corrected chi connectivity index (χ4v) is 1.89. The molecule has 0 saturated carbocycles. The van der Waals surface area contributed by atoms with Crippen LogP contribution in [-0.4, -0.2) is 21.9 Å². The summed E-state index contributed by atoms with van der Waals surface area (Å²) in [6.07, 6.45) is -2.08. The number of benzene rings is 1. The van der Waals surface area contributed by atoms with Gasteiger partial charge in [0.1, 0.15) is 0 Å². The van der Waals surface area contributed by atoms with Crippen molar-refractivity contribution in [3.63, 3.8) is 0 Å². The Kier molecular flexibility index (Phi) is 4.22. The molecule has 0 aliphatic carbocycles. The first-order valence-electron chi connectivity index (χ1n) is 5.89. The summed E-state index contributed by atoms with van der Waals surface area (Å²) in [4.78, 5) is 11.9. The summed E-state index contributed by atoms with van der Waals surface area (Å²) in [5, 5.41) is 6.03. The molecule has 0 aliphatic rings. The van der Waals surface area contributed by atoms with E-state index in [0.717, 1.165) is 0 Å². The Morgan fingerprint density at radius 3 is 2.43 bits per heavy atom. The van der Waals surface area contributed by atoms with Gasteiger partial charge in [0.2, 0.25) is 0 Å². The molecule has 21 heavy (non-hydrogen) atoms. The number of amides is 1. The molecule has 0 bridgehead atoms. The number of hydrogen-bond donors (Lipinski definition) is 1. The van der Waals surface area contributed by atoms with Crippen molar-refractivity contribution in [3.05, 3.63) is 52.8 Å². The molecule has 0 spiro atoms. The third-order valence-electron chi connectivity index (χ3n) is 2.77. The lowest BCUT2D eigenvalue weighted by Gasteiger charge is -2.21. The minimum absolute atomic E-state index is 0.0562. The molecule has 0 aliphatic heterocycles. The highest BCUT2D eigenvalue weighted by atomic mass is 35.5. The third-order valence-corrected chi connectivity index (χ3v) is 3.03. The van der Waals surface area contributed by atoms with Crippen molar-refractivity contribution in [2.45, 2.75) is 12.2 Å². The van der Waals surface area contributed by atoms with Gasteiger partial charge in [0.05, 0.1) is 11.8 Å². The Labute approximate surface area is 123 Å². The SMILES string of the molecule is Cn1cc(C(=O)N[C@H](c2ccc(Cl)cc2)C(F)(F)F)cn1. The van der Waals surface area contributed by atoms with Crippen LogP contribution in [0.4, 0.5) is 13.2 Å². The molecule has 1 aromatic heterocycles. The van der Waals surface area contributed by atoms with E-state index in [4.69, 9.17) is 11.6 Å². The Balaban J connectivity index is 2.25. The Bertz CT molecular complexity index is 637. The Morgan fingerprint density at radius 1 is 1.33 bits per heavy atom. The van der Waals surface area contributed by atoms with E-state index in [9.17, 15) is 18.0 Å².